The third-order valence-electron chi connectivity index (χ3n) is 2.51. The summed E-state index contributed by atoms with van der Waals surface area (Å²) < 4.78 is 1.96. The van der Waals surface area contributed by atoms with Gasteiger partial charge in [-0.05, 0) is 63.9 Å². The third-order valence-corrected chi connectivity index (χ3v) is 4.76. The fourth-order valence-electron chi connectivity index (χ4n) is 1.36. The summed E-state index contributed by atoms with van der Waals surface area (Å²) in [5, 5.41) is 0.506. The van der Waals surface area contributed by atoms with Crippen LogP contribution in [0.5, 0.6) is 0 Å². The van der Waals surface area contributed by atoms with Crippen LogP contribution in [0.2, 0.25) is 5.15 Å². The van der Waals surface area contributed by atoms with Gasteiger partial charge in [0.15, 0.2) is 5.82 Å². The van der Waals surface area contributed by atoms with Gasteiger partial charge in [-0.25, -0.2) is 9.97 Å². The summed E-state index contributed by atoms with van der Waals surface area (Å²) in [6.45, 7) is 3.85. The number of benzene rings is 1. The Balaban J connectivity index is 2.57. The Morgan fingerprint density at radius 3 is 2.35 bits per heavy atom. The SMILES string of the molecule is Cc1nc(-c2ccc(Br)c(Br)c2)nc(Cl)c1C. The molecule has 2 rings (SSSR count). The molecule has 0 unspecified atom stereocenters. The molecule has 0 saturated heterocycles. The Morgan fingerprint density at radius 1 is 1.06 bits per heavy atom. The lowest BCUT2D eigenvalue weighted by atomic mass is 10.2. The number of nitrogens with zero attached hydrogens (tertiary/aromatic N) is 2. The molecular weight excluding hydrogens is 367 g/mol. The zero-order chi connectivity index (χ0) is 12.6. The summed E-state index contributed by atoms with van der Waals surface area (Å²) in [4.78, 5) is 8.74. The normalized spacial score (nSPS) is 10.6. The van der Waals surface area contributed by atoms with Crippen molar-refractivity contribution in [3.8, 4) is 11.4 Å². The van der Waals surface area contributed by atoms with Crippen molar-refractivity contribution in [3.63, 3.8) is 0 Å². The number of aryl methyl sites for hydroxylation is 1. The van der Waals surface area contributed by atoms with Gasteiger partial charge in [-0.3, -0.25) is 0 Å². The smallest absolute Gasteiger partial charge is 0.161 e. The second-order valence-electron chi connectivity index (χ2n) is 3.68. The average molecular weight is 376 g/mol. The van der Waals surface area contributed by atoms with Crippen molar-refractivity contribution >= 4 is 43.5 Å². The van der Waals surface area contributed by atoms with Gasteiger partial charge in [0.2, 0.25) is 0 Å². The second-order valence-corrected chi connectivity index (χ2v) is 5.74. The Bertz CT molecular complexity index is 562. The minimum Gasteiger partial charge on any atom is -0.233 e. The maximum absolute atomic E-state index is 6.07. The van der Waals surface area contributed by atoms with Crippen molar-refractivity contribution in [2.45, 2.75) is 13.8 Å². The van der Waals surface area contributed by atoms with E-state index in [1.54, 1.807) is 0 Å². The van der Waals surface area contributed by atoms with Gasteiger partial charge in [0, 0.05) is 25.8 Å². The summed E-state index contributed by atoms with van der Waals surface area (Å²) in [5.41, 5.74) is 2.76. The molecule has 1 aromatic carbocycles. The summed E-state index contributed by atoms with van der Waals surface area (Å²) in [6.07, 6.45) is 0. The molecular formula is C12H9Br2ClN2. The molecule has 0 spiro atoms. The number of aromatic nitrogens is 2. The van der Waals surface area contributed by atoms with Crippen LogP contribution in [-0.2, 0) is 0 Å². The van der Waals surface area contributed by atoms with Crippen molar-refractivity contribution in [1.82, 2.24) is 9.97 Å². The lowest BCUT2D eigenvalue weighted by molar-refractivity contribution is 1.07. The largest absolute Gasteiger partial charge is 0.233 e. The Kier molecular flexibility index (Phi) is 3.85. The van der Waals surface area contributed by atoms with Crippen LogP contribution in [0, 0.1) is 13.8 Å². The van der Waals surface area contributed by atoms with Crippen LogP contribution in [0.1, 0.15) is 11.3 Å². The van der Waals surface area contributed by atoms with E-state index in [1.165, 1.54) is 0 Å². The Labute approximate surface area is 122 Å². The molecule has 17 heavy (non-hydrogen) atoms. The quantitative estimate of drug-likeness (QED) is 0.659. The summed E-state index contributed by atoms with van der Waals surface area (Å²) >= 11 is 13.0. The predicted octanol–water partition coefficient (Wildman–Crippen LogP) is 4.94. The predicted molar refractivity (Wildman–Crippen MR) is 77.4 cm³/mol. The fourth-order valence-corrected chi connectivity index (χ4v) is 2.20. The maximum Gasteiger partial charge on any atom is 0.161 e. The van der Waals surface area contributed by atoms with E-state index in [9.17, 15) is 0 Å². The van der Waals surface area contributed by atoms with Gasteiger partial charge in [0.25, 0.3) is 0 Å². The highest BCUT2D eigenvalue weighted by molar-refractivity contribution is 9.13. The first-order valence-corrected chi connectivity index (χ1v) is 6.91. The van der Waals surface area contributed by atoms with Crippen LogP contribution in [-0.4, -0.2) is 9.97 Å². The number of hydrogen-bond acceptors (Lipinski definition) is 2. The zero-order valence-corrected chi connectivity index (χ0v) is 13.2. The maximum atomic E-state index is 6.07. The van der Waals surface area contributed by atoms with E-state index < -0.39 is 0 Å². The molecule has 88 valence electrons. The van der Waals surface area contributed by atoms with E-state index in [4.69, 9.17) is 11.6 Å². The molecule has 0 bridgehead atoms. The Morgan fingerprint density at radius 2 is 1.76 bits per heavy atom. The standard InChI is InChI=1S/C12H9Br2ClN2/c1-6-7(2)16-12(17-11(6)15)8-3-4-9(13)10(14)5-8/h3-5H,1-2H3. The molecule has 2 nitrogen and oxygen atoms in total. The van der Waals surface area contributed by atoms with Crippen molar-refractivity contribution in [2.24, 2.45) is 0 Å². The molecule has 0 fully saturated rings. The lowest BCUT2D eigenvalue weighted by Crippen LogP contribution is -1.96. The van der Waals surface area contributed by atoms with Gasteiger partial charge < -0.3 is 0 Å². The first-order chi connectivity index (χ1) is 7.99. The monoisotopic (exact) mass is 374 g/mol. The van der Waals surface area contributed by atoms with Gasteiger partial charge in [-0.2, -0.15) is 0 Å². The van der Waals surface area contributed by atoms with Gasteiger partial charge in [0.1, 0.15) is 5.15 Å². The van der Waals surface area contributed by atoms with Gasteiger partial charge >= 0.3 is 0 Å². The highest BCUT2D eigenvalue weighted by Gasteiger charge is 2.09. The minimum atomic E-state index is 0.506. The zero-order valence-electron chi connectivity index (χ0n) is 9.26. The molecule has 0 radical (unpaired) electrons. The van der Waals surface area contributed by atoms with Crippen LogP contribution < -0.4 is 0 Å². The average Bonchev–Trinajstić information content (AvgIpc) is 2.29. The molecule has 0 saturated carbocycles. The number of hydrogen-bond donors (Lipinski definition) is 0. The van der Waals surface area contributed by atoms with E-state index in [-0.39, 0.29) is 0 Å². The highest BCUT2D eigenvalue weighted by Crippen LogP contribution is 2.28. The molecule has 0 N–H and O–H groups in total. The van der Waals surface area contributed by atoms with E-state index in [1.807, 2.05) is 32.0 Å². The number of rotatable bonds is 1. The molecule has 1 aromatic heterocycles. The Hall–Kier alpha value is -0.450. The summed E-state index contributed by atoms with van der Waals surface area (Å²) in [5.74, 6) is 0.645. The minimum absolute atomic E-state index is 0.506. The molecule has 0 aliphatic carbocycles. The molecule has 0 aliphatic heterocycles. The van der Waals surface area contributed by atoms with E-state index >= 15 is 0 Å². The number of halogens is 3. The van der Waals surface area contributed by atoms with Gasteiger partial charge in [-0.1, -0.05) is 11.6 Å². The molecule has 5 heteroatoms. The van der Waals surface area contributed by atoms with Crippen LogP contribution in [0.25, 0.3) is 11.4 Å². The van der Waals surface area contributed by atoms with Crippen molar-refractivity contribution in [2.75, 3.05) is 0 Å². The van der Waals surface area contributed by atoms with Crippen LogP contribution >= 0.6 is 43.5 Å². The van der Waals surface area contributed by atoms with Gasteiger partial charge in [-0.15, -0.1) is 0 Å². The van der Waals surface area contributed by atoms with E-state index in [2.05, 4.69) is 41.8 Å². The molecule has 0 atom stereocenters. The fraction of sp³-hybridized carbons (Fsp3) is 0.167. The molecule has 0 amide bonds. The first kappa shape index (κ1) is 13.0. The van der Waals surface area contributed by atoms with E-state index in [0.29, 0.717) is 11.0 Å². The summed E-state index contributed by atoms with van der Waals surface area (Å²) in [6, 6.07) is 5.87. The lowest BCUT2D eigenvalue weighted by Gasteiger charge is -2.06. The topological polar surface area (TPSA) is 25.8 Å². The van der Waals surface area contributed by atoms with Crippen LogP contribution in [0.15, 0.2) is 27.1 Å². The van der Waals surface area contributed by atoms with Crippen LogP contribution in [0.3, 0.4) is 0 Å². The molecule has 0 aliphatic rings. The summed E-state index contributed by atoms with van der Waals surface area (Å²) in [7, 11) is 0. The molecule has 2 aromatic rings. The third kappa shape index (κ3) is 2.69. The van der Waals surface area contributed by atoms with Crippen LogP contribution in [0.4, 0.5) is 0 Å². The van der Waals surface area contributed by atoms with E-state index in [0.717, 1.165) is 25.8 Å². The van der Waals surface area contributed by atoms with Gasteiger partial charge in [0.05, 0.1) is 0 Å². The molecule has 1 heterocycles. The van der Waals surface area contributed by atoms with Crippen molar-refractivity contribution in [1.29, 1.82) is 0 Å². The first-order valence-electron chi connectivity index (χ1n) is 4.95. The highest BCUT2D eigenvalue weighted by atomic mass is 79.9. The van der Waals surface area contributed by atoms with Crippen molar-refractivity contribution in [3.05, 3.63) is 43.6 Å². The van der Waals surface area contributed by atoms with Crippen molar-refractivity contribution < 1.29 is 0 Å². The second kappa shape index (κ2) is 5.04.